The van der Waals surface area contributed by atoms with Gasteiger partial charge in [0.1, 0.15) is 0 Å². The summed E-state index contributed by atoms with van der Waals surface area (Å²) < 4.78 is 0. The molecule has 1 aromatic carbocycles. The van der Waals surface area contributed by atoms with Crippen LogP contribution in [0.25, 0.3) is 0 Å². The molecule has 1 aromatic rings. The molecule has 0 radical (unpaired) electrons. The third kappa shape index (κ3) is 4.85. The van der Waals surface area contributed by atoms with Crippen molar-refractivity contribution in [3.05, 3.63) is 34.9 Å². The molecular weight excluding hydrogens is 260 g/mol. The summed E-state index contributed by atoms with van der Waals surface area (Å²) in [6, 6.07) is 6.45. The van der Waals surface area contributed by atoms with Gasteiger partial charge in [-0.05, 0) is 62.7 Å². The summed E-state index contributed by atoms with van der Waals surface area (Å²) in [4.78, 5) is 12.1. The Labute approximate surface area is 128 Å². The maximum Gasteiger partial charge on any atom is 0.220 e. The van der Waals surface area contributed by atoms with Crippen LogP contribution in [0.2, 0.25) is 0 Å². The molecule has 0 aliphatic carbocycles. The minimum Gasteiger partial charge on any atom is -0.356 e. The zero-order chi connectivity index (χ0) is 15.3. The molecule has 116 valence electrons. The van der Waals surface area contributed by atoms with Crippen LogP contribution in [-0.2, 0) is 11.2 Å². The summed E-state index contributed by atoms with van der Waals surface area (Å²) in [6.07, 6.45) is 3.70. The lowest BCUT2D eigenvalue weighted by Gasteiger charge is -2.34. The second-order valence-electron chi connectivity index (χ2n) is 6.77. The van der Waals surface area contributed by atoms with Gasteiger partial charge in [0.25, 0.3) is 0 Å². The molecule has 21 heavy (non-hydrogen) atoms. The van der Waals surface area contributed by atoms with Gasteiger partial charge in [-0.15, -0.1) is 0 Å². The number of hydrogen-bond acceptors (Lipinski definition) is 2. The summed E-state index contributed by atoms with van der Waals surface area (Å²) in [5.74, 6) is 0.176. The van der Waals surface area contributed by atoms with Gasteiger partial charge in [0, 0.05) is 13.0 Å². The van der Waals surface area contributed by atoms with Crippen LogP contribution >= 0.6 is 0 Å². The van der Waals surface area contributed by atoms with Crippen molar-refractivity contribution >= 4 is 5.91 Å². The number of rotatable bonds is 5. The Morgan fingerprint density at radius 1 is 1.29 bits per heavy atom. The smallest absolute Gasteiger partial charge is 0.220 e. The Bertz CT molecular complexity index is 490. The monoisotopic (exact) mass is 288 g/mol. The second-order valence-corrected chi connectivity index (χ2v) is 6.77. The van der Waals surface area contributed by atoms with E-state index < -0.39 is 0 Å². The maximum absolute atomic E-state index is 12.1. The van der Waals surface area contributed by atoms with Crippen molar-refractivity contribution in [2.24, 2.45) is 5.41 Å². The SMILES string of the molecule is Cc1ccc(CCC(=O)NCC2(C)CCNCC2)c(C)c1. The maximum atomic E-state index is 12.1. The van der Waals surface area contributed by atoms with Crippen molar-refractivity contribution in [2.75, 3.05) is 19.6 Å². The number of carbonyl (C=O) groups is 1. The molecule has 0 atom stereocenters. The second kappa shape index (κ2) is 7.08. The summed E-state index contributed by atoms with van der Waals surface area (Å²) in [5, 5.41) is 6.50. The average molecular weight is 288 g/mol. The van der Waals surface area contributed by atoms with E-state index in [1.165, 1.54) is 16.7 Å². The first-order valence-corrected chi connectivity index (χ1v) is 8.02. The molecule has 1 fully saturated rings. The topological polar surface area (TPSA) is 41.1 Å². The van der Waals surface area contributed by atoms with Crippen molar-refractivity contribution in [3.63, 3.8) is 0 Å². The van der Waals surface area contributed by atoms with Crippen LogP contribution in [0, 0.1) is 19.3 Å². The highest BCUT2D eigenvalue weighted by Crippen LogP contribution is 2.26. The average Bonchev–Trinajstić information content (AvgIpc) is 2.45. The molecule has 1 aliphatic rings. The number of aryl methyl sites for hydroxylation is 3. The van der Waals surface area contributed by atoms with E-state index >= 15 is 0 Å². The van der Waals surface area contributed by atoms with Gasteiger partial charge in [0.15, 0.2) is 0 Å². The zero-order valence-electron chi connectivity index (χ0n) is 13.6. The number of carbonyl (C=O) groups excluding carboxylic acids is 1. The Kier molecular flexibility index (Phi) is 5.40. The first kappa shape index (κ1) is 16.0. The molecule has 0 saturated carbocycles. The summed E-state index contributed by atoms with van der Waals surface area (Å²) >= 11 is 0. The van der Waals surface area contributed by atoms with Gasteiger partial charge in [-0.25, -0.2) is 0 Å². The minimum absolute atomic E-state index is 0.176. The van der Waals surface area contributed by atoms with Gasteiger partial charge in [-0.3, -0.25) is 4.79 Å². The van der Waals surface area contributed by atoms with Crippen molar-refractivity contribution in [2.45, 2.75) is 46.5 Å². The highest BCUT2D eigenvalue weighted by Gasteiger charge is 2.26. The van der Waals surface area contributed by atoms with E-state index in [9.17, 15) is 4.79 Å². The fraction of sp³-hybridized carbons (Fsp3) is 0.611. The van der Waals surface area contributed by atoms with Gasteiger partial charge in [0.2, 0.25) is 5.91 Å². The number of hydrogen-bond donors (Lipinski definition) is 2. The van der Waals surface area contributed by atoms with E-state index in [1.54, 1.807) is 0 Å². The zero-order valence-corrected chi connectivity index (χ0v) is 13.6. The van der Waals surface area contributed by atoms with E-state index in [1.807, 2.05) is 0 Å². The fourth-order valence-electron chi connectivity index (χ4n) is 2.98. The first-order valence-electron chi connectivity index (χ1n) is 8.02. The van der Waals surface area contributed by atoms with Gasteiger partial charge < -0.3 is 10.6 Å². The predicted molar refractivity (Wildman–Crippen MR) is 87.5 cm³/mol. The molecule has 1 heterocycles. The third-order valence-corrected chi connectivity index (χ3v) is 4.64. The van der Waals surface area contributed by atoms with Gasteiger partial charge in [-0.2, -0.15) is 0 Å². The quantitative estimate of drug-likeness (QED) is 0.874. The van der Waals surface area contributed by atoms with Crippen molar-refractivity contribution in [1.82, 2.24) is 10.6 Å². The van der Waals surface area contributed by atoms with E-state index in [-0.39, 0.29) is 11.3 Å². The first-order chi connectivity index (χ1) is 9.98. The van der Waals surface area contributed by atoms with Gasteiger partial charge in [0.05, 0.1) is 0 Å². The molecule has 0 bridgehead atoms. The molecule has 0 unspecified atom stereocenters. The molecule has 1 amide bonds. The molecule has 0 spiro atoms. The molecule has 1 saturated heterocycles. The molecule has 2 rings (SSSR count). The summed E-state index contributed by atoms with van der Waals surface area (Å²) in [7, 11) is 0. The van der Waals surface area contributed by atoms with E-state index in [2.05, 4.69) is 49.6 Å². The molecular formula is C18H28N2O. The number of amides is 1. The van der Waals surface area contributed by atoms with E-state index in [0.29, 0.717) is 6.42 Å². The number of piperidine rings is 1. The van der Waals surface area contributed by atoms with Crippen LogP contribution in [0.15, 0.2) is 18.2 Å². The minimum atomic E-state index is 0.176. The lowest BCUT2D eigenvalue weighted by atomic mass is 9.81. The highest BCUT2D eigenvalue weighted by molar-refractivity contribution is 5.76. The van der Waals surface area contributed by atoms with Crippen LogP contribution in [0.1, 0.15) is 42.9 Å². The third-order valence-electron chi connectivity index (χ3n) is 4.64. The summed E-state index contributed by atoms with van der Waals surface area (Å²) in [5.41, 5.74) is 4.11. The van der Waals surface area contributed by atoms with Crippen molar-refractivity contribution in [3.8, 4) is 0 Å². The Morgan fingerprint density at radius 3 is 2.67 bits per heavy atom. The lowest BCUT2D eigenvalue weighted by Crippen LogP contribution is -2.42. The normalized spacial score (nSPS) is 17.5. The van der Waals surface area contributed by atoms with E-state index in [4.69, 9.17) is 0 Å². The Hall–Kier alpha value is -1.35. The van der Waals surface area contributed by atoms with Crippen LogP contribution < -0.4 is 10.6 Å². The molecule has 0 aromatic heterocycles. The Morgan fingerprint density at radius 2 is 2.00 bits per heavy atom. The largest absolute Gasteiger partial charge is 0.356 e. The Balaban J connectivity index is 1.77. The molecule has 3 nitrogen and oxygen atoms in total. The fourth-order valence-corrected chi connectivity index (χ4v) is 2.98. The van der Waals surface area contributed by atoms with Gasteiger partial charge in [-0.1, -0.05) is 30.7 Å². The molecule has 2 N–H and O–H groups in total. The predicted octanol–water partition coefficient (Wildman–Crippen LogP) is 2.74. The molecule has 1 aliphatic heterocycles. The standard InChI is InChI=1S/C18H28N2O/c1-14-4-5-16(15(2)12-14)6-7-17(21)20-13-18(3)8-10-19-11-9-18/h4-5,12,19H,6-11,13H2,1-3H3,(H,20,21). The molecule has 3 heteroatoms. The van der Waals surface area contributed by atoms with Gasteiger partial charge >= 0.3 is 0 Å². The van der Waals surface area contributed by atoms with Crippen LogP contribution in [-0.4, -0.2) is 25.5 Å². The van der Waals surface area contributed by atoms with E-state index in [0.717, 1.165) is 38.9 Å². The van der Waals surface area contributed by atoms with Crippen LogP contribution in [0.3, 0.4) is 0 Å². The highest BCUT2D eigenvalue weighted by atomic mass is 16.1. The van der Waals surface area contributed by atoms with Crippen LogP contribution in [0.4, 0.5) is 0 Å². The summed E-state index contributed by atoms with van der Waals surface area (Å²) in [6.45, 7) is 9.43. The van der Waals surface area contributed by atoms with Crippen molar-refractivity contribution in [1.29, 1.82) is 0 Å². The van der Waals surface area contributed by atoms with Crippen LogP contribution in [0.5, 0.6) is 0 Å². The lowest BCUT2D eigenvalue weighted by molar-refractivity contribution is -0.121. The van der Waals surface area contributed by atoms with Crippen molar-refractivity contribution < 1.29 is 4.79 Å². The number of benzene rings is 1. The number of nitrogens with one attached hydrogen (secondary N) is 2.